The zero-order valence-corrected chi connectivity index (χ0v) is 19.3. The van der Waals surface area contributed by atoms with Crippen molar-refractivity contribution in [2.24, 2.45) is 0 Å². The second-order valence-electron chi connectivity index (χ2n) is 8.13. The summed E-state index contributed by atoms with van der Waals surface area (Å²) in [5.41, 5.74) is 4.76. The Hall–Kier alpha value is -3.38. The number of fused-ring (bicyclic) bond motifs is 1. The topological polar surface area (TPSA) is 61.3 Å². The summed E-state index contributed by atoms with van der Waals surface area (Å²) in [5, 5.41) is 5.03. The Balaban J connectivity index is 1.64. The highest BCUT2D eigenvalue weighted by Gasteiger charge is 2.18. The summed E-state index contributed by atoms with van der Waals surface area (Å²) in [4.78, 5) is 18.0. The third-order valence-electron chi connectivity index (χ3n) is 5.74. The van der Waals surface area contributed by atoms with Gasteiger partial charge in [0.05, 0.1) is 30.9 Å². The van der Waals surface area contributed by atoms with Crippen molar-refractivity contribution in [3.8, 4) is 0 Å². The van der Waals surface area contributed by atoms with Crippen molar-refractivity contribution in [2.45, 2.75) is 39.9 Å². The molecule has 0 spiro atoms. The molecule has 32 heavy (non-hydrogen) atoms. The van der Waals surface area contributed by atoms with Crippen LogP contribution in [0.4, 0.5) is 0 Å². The fraction of sp³-hybridized carbons (Fsp3) is 0.231. The largest absolute Gasteiger partial charge is 0.467 e. The molecule has 0 amide bonds. The quantitative estimate of drug-likeness (QED) is 0.391. The van der Waals surface area contributed by atoms with Gasteiger partial charge in [-0.25, -0.2) is 0 Å². The van der Waals surface area contributed by atoms with Crippen molar-refractivity contribution in [3.63, 3.8) is 0 Å². The van der Waals surface area contributed by atoms with Crippen LogP contribution >= 0.6 is 12.2 Å². The standard InChI is InChI=1S/C26H27N3O2S/c1-17-11-12-18(2)24-23(17)14-21(25(30)28-24)15-29(16-22-10-7-13-31-22)26(32)27-19(3)20-8-5-4-6-9-20/h4-14,19H,15-16H2,1-3H3,(H,27,32)(H,28,30)/t19-/m0/s1. The Morgan fingerprint density at radius 2 is 1.81 bits per heavy atom. The number of furan rings is 1. The van der Waals surface area contributed by atoms with E-state index in [1.165, 1.54) is 0 Å². The van der Waals surface area contributed by atoms with E-state index in [4.69, 9.17) is 16.6 Å². The fourth-order valence-corrected chi connectivity index (χ4v) is 4.14. The fourth-order valence-electron chi connectivity index (χ4n) is 3.83. The summed E-state index contributed by atoms with van der Waals surface area (Å²) < 4.78 is 5.56. The molecule has 5 nitrogen and oxygen atoms in total. The molecule has 2 N–H and O–H groups in total. The molecule has 0 radical (unpaired) electrons. The number of aryl methyl sites for hydroxylation is 2. The van der Waals surface area contributed by atoms with E-state index in [1.54, 1.807) is 6.26 Å². The number of aromatic amines is 1. The van der Waals surface area contributed by atoms with E-state index in [0.29, 0.717) is 23.8 Å². The predicted molar refractivity (Wildman–Crippen MR) is 133 cm³/mol. The van der Waals surface area contributed by atoms with Crippen LogP contribution in [-0.4, -0.2) is 15.0 Å². The lowest BCUT2D eigenvalue weighted by Crippen LogP contribution is -2.41. The van der Waals surface area contributed by atoms with Gasteiger partial charge in [-0.2, -0.15) is 0 Å². The predicted octanol–water partition coefficient (Wildman–Crippen LogP) is 5.38. The van der Waals surface area contributed by atoms with Gasteiger partial charge in [0, 0.05) is 10.9 Å². The summed E-state index contributed by atoms with van der Waals surface area (Å²) in [5.74, 6) is 0.783. The molecule has 6 heteroatoms. The van der Waals surface area contributed by atoms with Gasteiger partial charge < -0.3 is 19.6 Å². The van der Waals surface area contributed by atoms with E-state index < -0.39 is 0 Å². The summed E-state index contributed by atoms with van der Waals surface area (Å²) in [7, 11) is 0. The van der Waals surface area contributed by atoms with E-state index in [-0.39, 0.29) is 11.6 Å². The van der Waals surface area contributed by atoms with E-state index in [2.05, 4.69) is 42.3 Å². The van der Waals surface area contributed by atoms with Gasteiger partial charge in [0.25, 0.3) is 5.56 Å². The number of aromatic nitrogens is 1. The Bertz CT molecular complexity index is 1280. The zero-order chi connectivity index (χ0) is 22.7. The molecule has 2 aromatic carbocycles. The molecule has 4 aromatic rings. The van der Waals surface area contributed by atoms with Gasteiger partial charge in [0.15, 0.2) is 5.11 Å². The average Bonchev–Trinajstić information content (AvgIpc) is 3.30. The van der Waals surface area contributed by atoms with Crippen LogP contribution in [0.3, 0.4) is 0 Å². The van der Waals surface area contributed by atoms with Gasteiger partial charge in [-0.15, -0.1) is 0 Å². The van der Waals surface area contributed by atoms with Crippen molar-refractivity contribution in [1.29, 1.82) is 0 Å². The molecular formula is C26H27N3O2S. The normalized spacial score (nSPS) is 12.0. The van der Waals surface area contributed by atoms with Crippen LogP contribution in [0.15, 0.2) is 76.1 Å². The lowest BCUT2D eigenvalue weighted by Gasteiger charge is -2.27. The second kappa shape index (κ2) is 9.40. The summed E-state index contributed by atoms with van der Waals surface area (Å²) in [6.45, 7) is 6.96. The molecule has 2 aromatic heterocycles. The van der Waals surface area contributed by atoms with Gasteiger partial charge in [0.1, 0.15) is 5.76 Å². The number of nitrogens with one attached hydrogen (secondary N) is 2. The minimum atomic E-state index is -0.102. The molecule has 0 unspecified atom stereocenters. The first-order chi connectivity index (χ1) is 15.4. The highest BCUT2D eigenvalue weighted by atomic mass is 32.1. The molecular weight excluding hydrogens is 418 g/mol. The average molecular weight is 446 g/mol. The van der Waals surface area contributed by atoms with Crippen LogP contribution in [0.2, 0.25) is 0 Å². The van der Waals surface area contributed by atoms with Crippen molar-refractivity contribution in [1.82, 2.24) is 15.2 Å². The molecule has 0 aliphatic carbocycles. The first kappa shape index (κ1) is 21.8. The lowest BCUT2D eigenvalue weighted by molar-refractivity contribution is 0.347. The van der Waals surface area contributed by atoms with Crippen molar-refractivity contribution < 1.29 is 4.42 Å². The van der Waals surface area contributed by atoms with Crippen LogP contribution < -0.4 is 10.9 Å². The van der Waals surface area contributed by atoms with Crippen LogP contribution in [0, 0.1) is 13.8 Å². The minimum absolute atomic E-state index is 0.0302. The van der Waals surface area contributed by atoms with Crippen LogP contribution in [0.1, 0.15) is 41.0 Å². The highest BCUT2D eigenvalue weighted by molar-refractivity contribution is 7.80. The molecule has 0 aliphatic heterocycles. The van der Waals surface area contributed by atoms with Gasteiger partial charge in [-0.1, -0.05) is 42.5 Å². The highest BCUT2D eigenvalue weighted by Crippen LogP contribution is 2.21. The molecule has 0 fully saturated rings. The van der Waals surface area contributed by atoms with Crippen molar-refractivity contribution in [3.05, 3.63) is 105 Å². The molecule has 4 rings (SSSR count). The molecule has 0 saturated heterocycles. The van der Waals surface area contributed by atoms with Crippen molar-refractivity contribution >= 4 is 28.2 Å². The molecule has 2 heterocycles. The number of pyridine rings is 1. The van der Waals surface area contributed by atoms with Gasteiger partial charge in [0.2, 0.25) is 0 Å². The maximum atomic E-state index is 12.9. The Kier molecular flexibility index (Phi) is 6.42. The van der Waals surface area contributed by atoms with Gasteiger partial charge in [-0.05, 0) is 67.9 Å². The maximum Gasteiger partial charge on any atom is 0.253 e. The Morgan fingerprint density at radius 3 is 2.53 bits per heavy atom. The van der Waals surface area contributed by atoms with E-state index >= 15 is 0 Å². The molecule has 164 valence electrons. The molecule has 0 saturated carbocycles. The molecule has 0 bridgehead atoms. The Labute approximate surface area is 193 Å². The summed E-state index contributed by atoms with van der Waals surface area (Å²) in [6, 6.07) is 20.0. The maximum absolute atomic E-state index is 12.9. The third kappa shape index (κ3) is 4.75. The SMILES string of the molecule is Cc1ccc(C)c2[nH]c(=O)c(CN(Cc3ccco3)C(=S)N[C@@H](C)c3ccccc3)cc12. The number of thiocarbonyl (C=S) groups is 1. The lowest BCUT2D eigenvalue weighted by atomic mass is 10.0. The molecule has 0 aliphatic rings. The smallest absolute Gasteiger partial charge is 0.253 e. The van der Waals surface area contributed by atoms with E-state index in [1.807, 2.05) is 54.3 Å². The van der Waals surface area contributed by atoms with Crippen LogP contribution in [0.25, 0.3) is 10.9 Å². The Morgan fingerprint density at radius 1 is 1.06 bits per heavy atom. The molecule has 1 atom stereocenters. The van der Waals surface area contributed by atoms with Crippen LogP contribution in [0.5, 0.6) is 0 Å². The number of nitrogens with zero attached hydrogens (tertiary/aromatic N) is 1. The van der Waals surface area contributed by atoms with E-state index in [0.717, 1.165) is 33.4 Å². The first-order valence-corrected chi connectivity index (χ1v) is 11.1. The monoisotopic (exact) mass is 445 g/mol. The first-order valence-electron chi connectivity index (χ1n) is 10.7. The number of benzene rings is 2. The summed E-state index contributed by atoms with van der Waals surface area (Å²) in [6.07, 6.45) is 1.64. The number of rotatable bonds is 6. The van der Waals surface area contributed by atoms with Gasteiger partial charge >= 0.3 is 0 Å². The minimum Gasteiger partial charge on any atom is -0.467 e. The van der Waals surface area contributed by atoms with E-state index in [9.17, 15) is 4.79 Å². The summed E-state index contributed by atoms with van der Waals surface area (Å²) >= 11 is 5.77. The van der Waals surface area contributed by atoms with Crippen LogP contribution in [-0.2, 0) is 13.1 Å². The van der Waals surface area contributed by atoms with Gasteiger partial charge in [-0.3, -0.25) is 4.79 Å². The number of H-pyrrole nitrogens is 1. The second-order valence-corrected chi connectivity index (χ2v) is 8.52. The number of hydrogen-bond acceptors (Lipinski definition) is 3. The number of hydrogen-bond donors (Lipinski definition) is 2. The zero-order valence-electron chi connectivity index (χ0n) is 18.5. The third-order valence-corrected chi connectivity index (χ3v) is 6.11. The van der Waals surface area contributed by atoms with Crippen molar-refractivity contribution in [2.75, 3.05) is 0 Å².